The summed E-state index contributed by atoms with van der Waals surface area (Å²) in [6.45, 7) is 4.36. The van der Waals surface area contributed by atoms with Gasteiger partial charge in [0.25, 0.3) is 0 Å². The first-order valence-corrected chi connectivity index (χ1v) is 11.2. The first-order valence-electron chi connectivity index (χ1n) is 11.2. The van der Waals surface area contributed by atoms with E-state index in [0.717, 1.165) is 0 Å². The van der Waals surface area contributed by atoms with Gasteiger partial charge in [-0.3, -0.25) is 19.2 Å². The lowest BCUT2D eigenvalue weighted by Crippen LogP contribution is -2.58. The molecule has 32 heavy (non-hydrogen) atoms. The summed E-state index contributed by atoms with van der Waals surface area (Å²) in [5.74, 6) is -3.74. The van der Waals surface area contributed by atoms with Crippen molar-refractivity contribution in [3.05, 3.63) is 0 Å². The minimum absolute atomic E-state index is 0.0566. The van der Waals surface area contributed by atoms with E-state index in [1.54, 1.807) is 6.92 Å². The highest BCUT2D eigenvalue weighted by Gasteiger charge is 2.44. The number of hydrogen-bond acceptors (Lipinski definition) is 6. The molecule has 180 valence electrons. The Hall–Kier alpha value is -2.69. The highest BCUT2D eigenvalue weighted by Crippen LogP contribution is 2.26. The Morgan fingerprint density at radius 1 is 1.03 bits per heavy atom. The fraction of sp³-hybridized carbons (Fsp3) is 0.762. The predicted octanol–water partition coefficient (Wildman–Crippen LogP) is -0.224. The van der Waals surface area contributed by atoms with Crippen molar-refractivity contribution in [2.45, 2.75) is 83.0 Å². The van der Waals surface area contributed by atoms with Gasteiger partial charge in [-0.05, 0) is 38.0 Å². The average molecular weight is 455 g/mol. The minimum Gasteiger partial charge on any atom is -0.481 e. The molecule has 0 radical (unpaired) electrons. The van der Waals surface area contributed by atoms with Crippen LogP contribution in [0, 0.1) is 5.92 Å². The Morgan fingerprint density at radius 2 is 1.62 bits per heavy atom. The molecule has 5 atom stereocenters. The molecule has 11 nitrogen and oxygen atoms in total. The highest BCUT2D eigenvalue weighted by molar-refractivity contribution is 5.95. The largest absolute Gasteiger partial charge is 0.481 e. The van der Waals surface area contributed by atoms with Gasteiger partial charge in [-0.15, -0.1) is 0 Å². The molecule has 5 N–H and O–H groups in total. The summed E-state index contributed by atoms with van der Waals surface area (Å²) in [6.07, 6.45) is 2.30. The number of likely N-dealkylation sites (tertiary alicyclic amines) is 2. The number of carbonyl (C=O) groups is 5. The van der Waals surface area contributed by atoms with Crippen LogP contribution in [0.5, 0.6) is 0 Å². The zero-order valence-corrected chi connectivity index (χ0v) is 18.7. The van der Waals surface area contributed by atoms with E-state index in [9.17, 15) is 29.1 Å². The third-order valence-corrected chi connectivity index (χ3v) is 6.42. The second-order valence-corrected chi connectivity index (χ2v) is 8.63. The Kier molecular flexibility index (Phi) is 8.99. The smallest absolute Gasteiger partial charge is 0.326 e. The summed E-state index contributed by atoms with van der Waals surface area (Å²) in [5, 5.41) is 20.8. The maximum atomic E-state index is 13.4. The third kappa shape index (κ3) is 5.96. The van der Waals surface area contributed by atoms with Gasteiger partial charge in [-0.2, -0.15) is 0 Å². The van der Waals surface area contributed by atoms with Crippen LogP contribution in [0.3, 0.4) is 0 Å². The number of nitrogens with two attached hydrogens (primary N) is 1. The van der Waals surface area contributed by atoms with Crippen LogP contribution < -0.4 is 11.1 Å². The number of nitrogens with one attached hydrogen (secondary N) is 1. The van der Waals surface area contributed by atoms with Gasteiger partial charge < -0.3 is 31.1 Å². The van der Waals surface area contributed by atoms with Crippen molar-refractivity contribution in [3.8, 4) is 0 Å². The monoisotopic (exact) mass is 454 g/mol. The topological polar surface area (TPSA) is 170 Å². The van der Waals surface area contributed by atoms with Gasteiger partial charge in [0.15, 0.2) is 0 Å². The number of hydrogen-bond donors (Lipinski definition) is 4. The van der Waals surface area contributed by atoms with E-state index >= 15 is 0 Å². The van der Waals surface area contributed by atoms with E-state index in [0.29, 0.717) is 45.2 Å². The van der Waals surface area contributed by atoms with Crippen molar-refractivity contribution < 1.29 is 34.2 Å². The van der Waals surface area contributed by atoms with E-state index in [2.05, 4.69) is 5.32 Å². The van der Waals surface area contributed by atoms with E-state index in [1.165, 1.54) is 9.80 Å². The van der Waals surface area contributed by atoms with Crippen molar-refractivity contribution in [3.63, 3.8) is 0 Å². The molecular formula is C21H34N4O7. The molecule has 11 heteroatoms. The molecule has 2 saturated heterocycles. The summed E-state index contributed by atoms with van der Waals surface area (Å²) in [6, 6.07) is -3.61. The normalized spacial score (nSPS) is 23.5. The molecule has 3 amide bonds. The number of carboxylic acids is 2. The maximum absolute atomic E-state index is 13.4. The number of amides is 3. The van der Waals surface area contributed by atoms with Crippen molar-refractivity contribution in [2.75, 3.05) is 13.1 Å². The molecule has 0 aromatic heterocycles. The second kappa shape index (κ2) is 11.3. The lowest BCUT2D eigenvalue weighted by molar-refractivity contribution is -0.152. The molecule has 2 heterocycles. The number of nitrogens with zero attached hydrogens (tertiary/aromatic N) is 2. The van der Waals surface area contributed by atoms with Gasteiger partial charge in [-0.25, -0.2) is 4.79 Å². The van der Waals surface area contributed by atoms with E-state index in [4.69, 9.17) is 10.8 Å². The van der Waals surface area contributed by atoms with Gasteiger partial charge in [0.1, 0.15) is 18.1 Å². The molecule has 0 spiro atoms. The Morgan fingerprint density at radius 3 is 2.19 bits per heavy atom. The van der Waals surface area contributed by atoms with Crippen LogP contribution in [0.2, 0.25) is 0 Å². The molecule has 2 aliphatic heterocycles. The third-order valence-electron chi connectivity index (χ3n) is 6.42. The fourth-order valence-electron chi connectivity index (χ4n) is 4.30. The molecule has 2 aliphatic rings. The fourth-order valence-corrected chi connectivity index (χ4v) is 4.30. The lowest BCUT2D eigenvalue weighted by Gasteiger charge is -2.34. The zero-order chi connectivity index (χ0) is 24.0. The first-order chi connectivity index (χ1) is 15.1. The van der Waals surface area contributed by atoms with Crippen LogP contribution in [0.1, 0.15) is 58.8 Å². The number of aliphatic carboxylic acids is 2. The molecule has 2 rings (SSSR count). The molecule has 0 aromatic rings. The van der Waals surface area contributed by atoms with Gasteiger partial charge in [0.05, 0.1) is 6.04 Å². The van der Waals surface area contributed by atoms with Crippen LogP contribution in [-0.2, 0) is 24.0 Å². The molecular weight excluding hydrogens is 420 g/mol. The van der Waals surface area contributed by atoms with E-state index in [-0.39, 0.29) is 24.7 Å². The number of carbonyl (C=O) groups excluding carboxylic acids is 3. The quantitative estimate of drug-likeness (QED) is 0.351. The molecule has 5 unspecified atom stereocenters. The van der Waals surface area contributed by atoms with Crippen LogP contribution in [0.4, 0.5) is 0 Å². The van der Waals surface area contributed by atoms with Gasteiger partial charge >= 0.3 is 11.9 Å². The van der Waals surface area contributed by atoms with Crippen LogP contribution >= 0.6 is 0 Å². The molecule has 0 aliphatic carbocycles. The molecule has 0 aromatic carbocycles. The van der Waals surface area contributed by atoms with Gasteiger partial charge in [0.2, 0.25) is 17.7 Å². The van der Waals surface area contributed by atoms with E-state index in [1.807, 2.05) is 6.92 Å². The zero-order valence-electron chi connectivity index (χ0n) is 18.7. The van der Waals surface area contributed by atoms with Crippen molar-refractivity contribution in [1.29, 1.82) is 0 Å². The lowest BCUT2D eigenvalue weighted by atomic mass is 9.96. The molecule has 0 saturated carbocycles. The average Bonchev–Trinajstić information content (AvgIpc) is 3.43. The highest BCUT2D eigenvalue weighted by atomic mass is 16.4. The minimum atomic E-state index is -1.07. The SMILES string of the molecule is CCC(C)C(NC(=O)C(N)CCC(=O)O)C(=O)N1CCCC1C(=O)N1CCCC1C(=O)O. The van der Waals surface area contributed by atoms with Crippen LogP contribution in [-0.4, -0.2) is 86.9 Å². The number of rotatable bonds is 10. The van der Waals surface area contributed by atoms with Crippen molar-refractivity contribution in [1.82, 2.24) is 15.1 Å². The summed E-state index contributed by atoms with van der Waals surface area (Å²) in [4.78, 5) is 64.1. The summed E-state index contributed by atoms with van der Waals surface area (Å²) in [7, 11) is 0. The Labute approximate surface area is 187 Å². The van der Waals surface area contributed by atoms with Crippen molar-refractivity contribution in [2.24, 2.45) is 11.7 Å². The molecule has 2 fully saturated rings. The van der Waals surface area contributed by atoms with Crippen LogP contribution in [0.25, 0.3) is 0 Å². The van der Waals surface area contributed by atoms with E-state index < -0.39 is 47.9 Å². The van der Waals surface area contributed by atoms with Gasteiger partial charge in [0, 0.05) is 19.5 Å². The standard InChI is InChI=1S/C21H34N4O7/c1-3-12(2)17(23-18(28)13(22)8-9-16(26)27)20(30)24-10-4-6-14(24)19(29)25-11-5-7-15(25)21(31)32/h12-15,17H,3-11,22H2,1-2H3,(H,23,28)(H,26,27)(H,31,32). The summed E-state index contributed by atoms with van der Waals surface area (Å²) in [5.41, 5.74) is 5.79. The van der Waals surface area contributed by atoms with Crippen LogP contribution in [0.15, 0.2) is 0 Å². The van der Waals surface area contributed by atoms with Crippen molar-refractivity contribution >= 4 is 29.7 Å². The van der Waals surface area contributed by atoms with Gasteiger partial charge in [-0.1, -0.05) is 20.3 Å². The Balaban J connectivity index is 2.14. The summed E-state index contributed by atoms with van der Waals surface area (Å²) < 4.78 is 0. The molecule has 0 bridgehead atoms. The Bertz CT molecular complexity index is 744. The number of carboxylic acid groups (broad SMARTS) is 2. The predicted molar refractivity (Wildman–Crippen MR) is 113 cm³/mol. The first kappa shape index (κ1) is 25.6. The summed E-state index contributed by atoms with van der Waals surface area (Å²) >= 11 is 0. The maximum Gasteiger partial charge on any atom is 0.326 e. The second-order valence-electron chi connectivity index (χ2n) is 8.63.